The van der Waals surface area contributed by atoms with Gasteiger partial charge in [0.2, 0.25) is 5.91 Å². The van der Waals surface area contributed by atoms with E-state index in [1.807, 2.05) is 0 Å². The predicted molar refractivity (Wildman–Crippen MR) is 60.6 cm³/mol. The lowest BCUT2D eigenvalue weighted by Crippen LogP contribution is -2.30. The lowest BCUT2D eigenvalue weighted by Gasteiger charge is -2.13. The fourth-order valence-corrected chi connectivity index (χ4v) is 2.51. The molecule has 1 N–H and O–H groups in total. The molecule has 17 heavy (non-hydrogen) atoms. The van der Waals surface area contributed by atoms with Crippen LogP contribution in [0.2, 0.25) is 0 Å². The van der Waals surface area contributed by atoms with Crippen LogP contribution in [-0.2, 0) is 4.79 Å². The van der Waals surface area contributed by atoms with Crippen molar-refractivity contribution < 1.29 is 13.6 Å². The van der Waals surface area contributed by atoms with Gasteiger partial charge in [0, 0.05) is 13.0 Å². The second-order valence-corrected chi connectivity index (χ2v) is 4.57. The summed E-state index contributed by atoms with van der Waals surface area (Å²) in [6, 6.07) is 3.63. The van der Waals surface area contributed by atoms with E-state index in [0.29, 0.717) is 12.0 Å². The highest BCUT2D eigenvalue weighted by molar-refractivity contribution is 5.73. The van der Waals surface area contributed by atoms with E-state index in [4.69, 9.17) is 0 Å². The Bertz CT molecular complexity index is 433. The molecule has 92 valence electrons. The average Bonchev–Trinajstić information content (AvgIpc) is 2.69. The molecule has 0 saturated heterocycles. The number of halogens is 2. The Morgan fingerprint density at radius 2 is 2.12 bits per heavy atom. The Labute approximate surface area is 99.0 Å². The van der Waals surface area contributed by atoms with Crippen LogP contribution in [0.25, 0.3) is 0 Å². The van der Waals surface area contributed by atoms with E-state index in [-0.39, 0.29) is 23.7 Å². The van der Waals surface area contributed by atoms with Crippen LogP contribution in [-0.4, -0.2) is 11.9 Å². The average molecular weight is 239 g/mol. The first-order chi connectivity index (χ1) is 8.06. The Hall–Kier alpha value is -1.45. The van der Waals surface area contributed by atoms with Crippen molar-refractivity contribution in [3.63, 3.8) is 0 Å². The molecule has 1 fully saturated rings. The van der Waals surface area contributed by atoms with Gasteiger partial charge in [-0.1, -0.05) is 0 Å². The topological polar surface area (TPSA) is 29.1 Å². The third-order valence-electron chi connectivity index (χ3n) is 3.24. The van der Waals surface area contributed by atoms with Gasteiger partial charge in [0.15, 0.2) is 0 Å². The summed E-state index contributed by atoms with van der Waals surface area (Å²) in [5.74, 6) is -0.845. The number of carbonyl (C=O) groups is 1. The molecule has 0 heterocycles. The van der Waals surface area contributed by atoms with Gasteiger partial charge < -0.3 is 5.32 Å². The van der Waals surface area contributed by atoms with Crippen LogP contribution in [0.15, 0.2) is 18.2 Å². The maximum absolute atomic E-state index is 13.6. The fourth-order valence-electron chi connectivity index (χ4n) is 2.51. The van der Waals surface area contributed by atoms with Gasteiger partial charge in [0.25, 0.3) is 0 Å². The smallest absolute Gasteiger partial charge is 0.217 e. The lowest BCUT2D eigenvalue weighted by atomic mass is 9.97. The second-order valence-electron chi connectivity index (χ2n) is 4.57. The summed E-state index contributed by atoms with van der Waals surface area (Å²) in [5.41, 5.74) is 0.429. The summed E-state index contributed by atoms with van der Waals surface area (Å²) in [5, 5.41) is 2.82. The van der Waals surface area contributed by atoms with Crippen LogP contribution < -0.4 is 5.32 Å². The molecule has 0 bridgehead atoms. The van der Waals surface area contributed by atoms with Crippen LogP contribution in [0, 0.1) is 11.6 Å². The summed E-state index contributed by atoms with van der Waals surface area (Å²) >= 11 is 0. The normalized spacial score (nSPS) is 23.7. The molecule has 2 atom stereocenters. The van der Waals surface area contributed by atoms with Crippen molar-refractivity contribution in [1.29, 1.82) is 0 Å². The van der Waals surface area contributed by atoms with E-state index in [1.165, 1.54) is 13.0 Å². The van der Waals surface area contributed by atoms with Gasteiger partial charge in [-0.15, -0.1) is 0 Å². The molecule has 4 heteroatoms. The van der Waals surface area contributed by atoms with Crippen LogP contribution in [0.1, 0.15) is 37.7 Å². The number of nitrogens with one attached hydrogen (secondary N) is 1. The third-order valence-corrected chi connectivity index (χ3v) is 3.24. The predicted octanol–water partition coefficient (Wildman–Crippen LogP) is 2.74. The molecular formula is C13H15F2NO. The fraction of sp³-hybridized carbons (Fsp3) is 0.462. The molecule has 0 aromatic heterocycles. The summed E-state index contributed by atoms with van der Waals surface area (Å²) in [4.78, 5) is 10.9. The first kappa shape index (κ1) is 12.0. The van der Waals surface area contributed by atoms with E-state index >= 15 is 0 Å². The number of benzene rings is 1. The standard InChI is InChI=1S/C13H15F2NO/c1-8(17)16-11-4-2-9(6-11)12-7-10(14)3-5-13(12)15/h3,5,7,9,11H,2,4,6H2,1H3,(H,16,17). The number of amides is 1. The van der Waals surface area contributed by atoms with E-state index in [1.54, 1.807) is 0 Å². The number of carbonyl (C=O) groups excluding carboxylic acids is 1. The molecule has 1 aromatic rings. The molecule has 2 nitrogen and oxygen atoms in total. The summed E-state index contributed by atoms with van der Waals surface area (Å²) in [6.07, 6.45) is 2.28. The van der Waals surface area contributed by atoms with Crippen LogP contribution >= 0.6 is 0 Å². The third kappa shape index (κ3) is 2.81. The molecule has 2 rings (SSSR count). The number of rotatable bonds is 2. The first-order valence-corrected chi connectivity index (χ1v) is 5.78. The SMILES string of the molecule is CC(=O)NC1CCC(c2cc(F)ccc2F)C1. The van der Waals surface area contributed by atoms with E-state index in [9.17, 15) is 13.6 Å². The Balaban J connectivity index is 2.09. The van der Waals surface area contributed by atoms with Crippen molar-refractivity contribution in [3.8, 4) is 0 Å². The molecule has 0 spiro atoms. The van der Waals surface area contributed by atoms with Crippen LogP contribution in [0.4, 0.5) is 8.78 Å². The summed E-state index contributed by atoms with van der Waals surface area (Å²) < 4.78 is 26.6. The molecule has 1 aliphatic carbocycles. The van der Waals surface area contributed by atoms with E-state index < -0.39 is 5.82 Å². The Kier molecular flexibility index (Phi) is 3.41. The monoisotopic (exact) mass is 239 g/mol. The van der Waals surface area contributed by atoms with Gasteiger partial charge in [0.05, 0.1) is 0 Å². The minimum absolute atomic E-state index is 0.00236. The molecule has 0 aliphatic heterocycles. The molecule has 0 radical (unpaired) electrons. The minimum atomic E-state index is -0.413. The highest BCUT2D eigenvalue weighted by Crippen LogP contribution is 2.35. The van der Waals surface area contributed by atoms with Crippen molar-refractivity contribution >= 4 is 5.91 Å². The lowest BCUT2D eigenvalue weighted by molar-refractivity contribution is -0.119. The zero-order valence-electron chi connectivity index (χ0n) is 9.67. The zero-order valence-corrected chi connectivity index (χ0v) is 9.67. The molecular weight excluding hydrogens is 224 g/mol. The van der Waals surface area contributed by atoms with Crippen molar-refractivity contribution in [1.82, 2.24) is 5.32 Å². The highest BCUT2D eigenvalue weighted by atomic mass is 19.1. The summed E-state index contributed by atoms with van der Waals surface area (Å²) in [6.45, 7) is 1.47. The van der Waals surface area contributed by atoms with Gasteiger partial charge in [-0.2, -0.15) is 0 Å². The molecule has 1 saturated carbocycles. The quantitative estimate of drug-likeness (QED) is 0.844. The first-order valence-electron chi connectivity index (χ1n) is 5.78. The van der Waals surface area contributed by atoms with Crippen LogP contribution in [0.3, 0.4) is 0 Å². The Morgan fingerprint density at radius 1 is 1.35 bits per heavy atom. The maximum atomic E-state index is 13.6. The van der Waals surface area contributed by atoms with Gasteiger partial charge in [-0.25, -0.2) is 8.78 Å². The van der Waals surface area contributed by atoms with Crippen molar-refractivity contribution in [2.24, 2.45) is 0 Å². The summed E-state index contributed by atoms with van der Waals surface area (Å²) in [7, 11) is 0. The van der Waals surface area contributed by atoms with Gasteiger partial charge in [-0.3, -0.25) is 4.79 Å². The largest absolute Gasteiger partial charge is 0.354 e. The van der Waals surface area contributed by atoms with Crippen molar-refractivity contribution in [2.45, 2.75) is 38.1 Å². The second kappa shape index (κ2) is 4.82. The number of hydrogen-bond donors (Lipinski definition) is 1. The van der Waals surface area contributed by atoms with Gasteiger partial charge in [0.1, 0.15) is 11.6 Å². The maximum Gasteiger partial charge on any atom is 0.217 e. The molecule has 2 unspecified atom stereocenters. The minimum Gasteiger partial charge on any atom is -0.354 e. The highest BCUT2D eigenvalue weighted by Gasteiger charge is 2.28. The van der Waals surface area contributed by atoms with E-state index in [0.717, 1.165) is 25.0 Å². The van der Waals surface area contributed by atoms with Crippen molar-refractivity contribution in [3.05, 3.63) is 35.4 Å². The zero-order chi connectivity index (χ0) is 12.4. The van der Waals surface area contributed by atoms with Gasteiger partial charge in [-0.05, 0) is 48.9 Å². The van der Waals surface area contributed by atoms with Gasteiger partial charge >= 0.3 is 0 Å². The van der Waals surface area contributed by atoms with Crippen LogP contribution in [0.5, 0.6) is 0 Å². The van der Waals surface area contributed by atoms with E-state index in [2.05, 4.69) is 5.32 Å². The molecule has 1 amide bonds. The number of hydrogen-bond acceptors (Lipinski definition) is 1. The Morgan fingerprint density at radius 3 is 2.82 bits per heavy atom. The molecule has 1 aromatic carbocycles. The molecule has 1 aliphatic rings. The van der Waals surface area contributed by atoms with Crippen molar-refractivity contribution in [2.75, 3.05) is 0 Å².